The number of ether oxygens (including phenoxy) is 1. The zero-order chi connectivity index (χ0) is 13.0. The lowest BCUT2D eigenvalue weighted by molar-refractivity contribution is 0.413. The summed E-state index contributed by atoms with van der Waals surface area (Å²) in [6.45, 7) is 0.543. The second-order valence-electron chi connectivity index (χ2n) is 3.65. The highest BCUT2D eigenvalue weighted by molar-refractivity contribution is 9.10. The van der Waals surface area contributed by atoms with Crippen molar-refractivity contribution in [1.29, 1.82) is 0 Å². The van der Waals surface area contributed by atoms with E-state index >= 15 is 0 Å². The SMILES string of the molecule is COc1cc(F)ccc1NCc1cccc(Br)n1. The molecule has 0 saturated carbocycles. The average Bonchev–Trinajstić information content (AvgIpc) is 2.37. The summed E-state index contributed by atoms with van der Waals surface area (Å²) in [5.74, 6) is 0.156. The summed E-state index contributed by atoms with van der Waals surface area (Å²) in [6, 6.07) is 10.1. The molecule has 0 spiro atoms. The Morgan fingerprint density at radius 2 is 2.17 bits per heavy atom. The Hall–Kier alpha value is -1.62. The highest BCUT2D eigenvalue weighted by Gasteiger charge is 2.04. The van der Waals surface area contributed by atoms with Crippen LogP contribution in [0.15, 0.2) is 41.0 Å². The van der Waals surface area contributed by atoms with E-state index in [0.717, 1.165) is 16.0 Å². The largest absolute Gasteiger partial charge is 0.494 e. The van der Waals surface area contributed by atoms with Gasteiger partial charge in [0.05, 0.1) is 25.0 Å². The number of aromatic nitrogens is 1. The fraction of sp³-hybridized carbons (Fsp3) is 0.154. The normalized spacial score (nSPS) is 10.2. The van der Waals surface area contributed by atoms with Gasteiger partial charge in [0, 0.05) is 6.07 Å². The van der Waals surface area contributed by atoms with E-state index in [2.05, 4.69) is 26.2 Å². The molecule has 0 unspecified atom stereocenters. The summed E-state index contributed by atoms with van der Waals surface area (Å²) >= 11 is 3.31. The van der Waals surface area contributed by atoms with Gasteiger partial charge in [-0.05, 0) is 40.2 Å². The van der Waals surface area contributed by atoms with Crippen LogP contribution in [-0.2, 0) is 6.54 Å². The van der Waals surface area contributed by atoms with Gasteiger partial charge in [0.2, 0.25) is 0 Å². The monoisotopic (exact) mass is 310 g/mol. The fourth-order valence-corrected chi connectivity index (χ4v) is 1.93. The van der Waals surface area contributed by atoms with Crippen LogP contribution in [0.25, 0.3) is 0 Å². The van der Waals surface area contributed by atoms with Gasteiger partial charge in [-0.1, -0.05) is 6.07 Å². The molecule has 1 heterocycles. The maximum Gasteiger partial charge on any atom is 0.144 e. The Kier molecular flexibility index (Phi) is 4.15. The predicted octanol–water partition coefficient (Wildman–Crippen LogP) is 3.60. The van der Waals surface area contributed by atoms with Crippen molar-refractivity contribution < 1.29 is 9.13 Å². The van der Waals surface area contributed by atoms with Crippen LogP contribution >= 0.6 is 15.9 Å². The first-order valence-electron chi connectivity index (χ1n) is 5.38. The number of anilines is 1. The lowest BCUT2D eigenvalue weighted by Gasteiger charge is -2.10. The van der Waals surface area contributed by atoms with Crippen molar-refractivity contribution in [3.63, 3.8) is 0 Å². The van der Waals surface area contributed by atoms with Crippen molar-refractivity contribution in [1.82, 2.24) is 4.98 Å². The van der Waals surface area contributed by atoms with Gasteiger partial charge in [-0.2, -0.15) is 0 Å². The van der Waals surface area contributed by atoms with Gasteiger partial charge in [-0.15, -0.1) is 0 Å². The molecule has 0 aliphatic carbocycles. The third-order valence-corrected chi connectivity index (χ3v) is 2.84. The molecule has 2 rings (SSSR count). The van der Waals surface area contributed by atoms with E-state index in [9.17, 15) is 4.39 Å². The minimum atomic E-state index is -0.321. The van der Waals surface area contributed by atoms with Crippen molar-refractivity contribution in [3.05, 3.63) is 52.5 Å². The average molecular weight is 311 g/mol. The maximum atomic E-state index is 13.0. The molecule has 1 aromatic carbocycles. The van der Waals surface area contributed by atoms with Gasteiger partial charge in [-0.25, -0.2) is 9.37 Å². The van der Waals surface area contributed by atoms with E-state index in [1.54, 1.807) is 6.07 Å². The number of pyridine rings is 1. The highest BCUT2D eigenvalue weighted by Crippen LogP contribution is 2.25. The standard InChI is InChI=1S/C13H12BrFN2O/c1-18-12-7-9(15)5-6-11(12)16-8-10-3-2-4-13(14)17-10/h2-7,16H,8H2,1H3. The molecule has 0 saturated heterocycles. The van der Waals surface area contributed by atoms with Crippen LogP contribution in [0.1, 0.15) is 5.69 Å². The number of benzene rings is 1. The molecule has 0 fully saturated rings. The van der Waals surface area contributed by atoms with Gasteiger partial charge < -0.3 is 10.1 Å². The molecule has 2 aromatic rings. The molecule has 0 atom stereocenters. The Balaban J connectivity index is 2.10. The van der Waals surface area contributed by atoms with E-state index in [1.165, 1.54) is 19.2 Å². The molecule has 0 amide bonds. The zero-order valence-corrected chi connectivity index (χ0v) is 11.4. The van der Waals surface area contributed by atoms with Crippen LogP contribution in [0.3, 0.4) is 0 Å². The first-order chi connectivity index (χ1) is 8.69. The van der Waals surface area contributed by atoms with Gasteiger partial charge >= 0.3 is 0 Å². The molecule has 18 heavy (non-hydrogen) atoms. The van der Waals surface area contributed by atoms with Crippen LogP contribution < -0.4 is 10.1 Å². The molecule has 0 bridgehead atoms. The van der Waals surface area contributed by atoms with Crippen LogP contribution in [-0.4, -0.2) is 12.1 Å². The second kappa shape index (κ2) is 5.82. The van der Waals surface area contributed by atoms with Crippen LogP contribution in [0.4, 0.5) is 10.1 Å². The predicted molar refractivity (Wildman–Crippen MR) is 72.2 cm³/mol. The molecule has 94 valence electrons. The molecule has 3 nitrogen and oxygen atoms in total. The zero-order valence-electron chi connectivity index (χ0n) is 9.78. The van der Waals surface area contributed by atoms with E-state index < -0.39 is 0 Å². The summed E-state index contributed by atoms with van der Waals surface area (Å²) in [6.07, 6.45) is 0. The van der Waals surface area contributed by atoms with Crippen molar-refractivity contribution in [2.45, 2.75) is 6.54 Å². The van der Waals surface area contributed by atoms with E-state index in [4.69, 9.17) is 4.74 Å². The topological polar surface area (TPSA) is 34.1 Å². The highest BCUT2D eigenvalue weighted by atomic mass is 79.9. The number of nitrogens with zero attached hydrogens (tertiary/aromatic N) is 1. The molecule has 0 radical (unpaired) electrons. The first kappa shape index (κ1) is 12.8. The minimum Gasteiger partial charge on any atom is -0.494 e. The van der Waals surface area contributed by atoms with E-state index in [-0.39, 0.29) is 5.82 Å². The van der Waals surface area contributed by atoms with E-state index in [1.807, 2.05) is 18.2 Å². The third kappa shape index (κ3) is 3.20. The maximum absolute atomic E-state index is 13.0. The van der Waals surface area contributed by atoms with Crippen molar-refractivity contribution >= 4 is 21.6 Å². The van der Waals surface area contributed by atoms with Crippen LogP contribution in [0, 0.1) is 5.82 Å². The Morgan fingerprint density at radius 3 is 2.89 bits per heavy atom. The van der Waals surface area contributed by atoms with Crippen LogP contribution in [0.2, 0.25) is 0 Å². The molecular formula is C13H12BrFN2O. The lowest BCUT2D eigenvalue weighted by Crippen LogP contribution is -2.03. The number of rotatable bonds is 4. The van der Waals surface area contributed by atoms with Gasteiger partial charge in [-0.3, -0.25) is 0 Å². The van der Waals surface area contributed by atoms with Gasteiger partial charge in [0.15, 0.2) is 0 Å². The molecule has 1 N–H and O–H groups in total. The summed E-state index contributed by atoms with van der Waals surface area (Å²) < 4.78 is 18.9. The Bertz CT molecular complexity index is 548. The molecule has 0 aliphatic heterocycles. The Morgan fingerprint density at radius 1 is 1.33 bits per heavy atom. The van der Waals surface area contributed by atoms with Crippen molar-refractivity contribution in [3.8, 4) is 5.75 Å². The quantitative estimate of drug-likeness (QED) is 0.876. The number of halogens is 2. The van der Waals surface area contributed by atoms with Crippen molar-refractivity contribution in [2.24, 2.45) is 0 Å². The molecule has 5 heteroatoms. The lowest BCUT2D eigenvalue weighted by atomic mass is 10.2. The molecular weight excluding hydrogens is 299 g/mol. The van der Waals surface area contributed by atoms with Crippen molar-refractivity contribution in [2.75, 3.05) is 12.4 Å². The van der Waals surface area contributed by atoms with E-state index in [0.29, 0.717) is 12.3 Å². The van der Waals surface area contributed by atoms with Gasteiger partial charge in [0.1, 0.15) is 16.2 Å². The second-order valence-corrected chi connectivity index (χ2v) is 4.46. The van der Waals surface area contributed by atoms with Gasteiger partial charge in [0.25, 0.3) is 0 Å². The first-order valence-corrected chi connectivity index (χ1v) is 6.17. The smallest absolute Gasteiger partial charge is 0.144 e. The fourth-order valence-electron chi connectivity index (χ4n) is 1.55. The number of nitrogens with one attached hydrogen (secondary N) is 1. The van der Waals surface area contributed by atoms with Crippen LogP contribution in [0.5, 0.6) is 5.75 Å². The number of methoxy groups -OCH3 is 1. The molecule has 0 aliphatic rings. The summed E-state index contributed by atoms with van der Waals surface area (Å²) in [4.78, 5) is 4.30. The number of hydrogen-bond acceptors (Lipinski definition) is 3. The summed E-state index contributed by atoms with van der Waals surface area (Å²) in [5.41, 5.74) is 1.62. The number of hydrogen-bond donors (Lipinski definition) is 1. The third-order valence-electron chi connectivity index (χ3n) is 2.40. The Labute approximate surface area is 113 Å². The minimum absolute atomic E-state index is 0.321. The molecule has 1 aromatic heterocycles. The summed E-state index contributed by atoms with van der Waals surface area (Å²) in [5, 5.41) is 3.16. The summed E-state index contributed by atoms with van der Waals surface area (Å²) in [7, 11) is 1.51.